The maximum atomic E-state index is 9.48. The van der Waals surface area contributed by atoms with Gasteiger partial charge in [-0.05, 0) is 25.5 Å². The molecule has 3 heterocycles. The Morgan fingerprint density at radius 1 is 1.31 bits per heavy atom. The molecule has 1 atom stereocenters. The number of rotatable bonds is 4. The Morgan fingerprint density at radius 3 is 2.88 bits per heavy atom. The van der Waals surface area contributed by atoms with Crippen LogP contribution in [0, 0.1) is 18.3 Å². The van der Waals surface area contributed by atoms with Crippen LogP contribution in [0.4, 0.5) is 5.88 Å². The van der Waals surface area contributed by atoms with Gasteiger partial charge in [-0.1, -0.05) is 17.3 Å². The lowest BCUT2D eigenvalue weighted by Crippen LogP contribution is -2.19. The van der Waals surface area contributed by atoms with Crippen LogP contribution >= 0.6 is 0 Å². The molecule has 2 aromatic heterocycles. The van der Waals surface area contributed by atoms with E-state index in [0.29, 0.717) is 41.3 Å². The summed E-state index contributed by atoms with van der Waals surface area (Å²) in [4.78, 5) is 10.7. The molecule has 8 heteroatoms. The number of para-hydroxylation sites is 1. The fraction of sp³-hybridized carbons (Fsp3) is 0.333. The number of anilines is 1. The van der Waals surface area contributed by atoms with Crippen LogP contribution in [0.15, 0.2) is 33.2 Å². The average Bonchev–Trinajstić information content (AvgIpc) is 3.39. The molecule has 0 spiro atoms. The van der Waals surface area contributed by atoms with Crippen molar-refractivity contribution in [2.75, 3.05) is 25.1 Å². The lowest BCUT2D eigenvalue weighted by molar-refractivity contribution is 0.356. The Bertz CT molecular complexity index is 971. The number of hydrogen-bond donors (Lipinski definition) is 0. The summed E-state index contributed by atoms with van der Waals surface area (Å²) in [7, 11) is 1.59. The number of oxazole rings is 1. The molecule has 1 fully saturated rings. The van der Waals surface area contributed by atoms with Crippen molar-refractivity contribution in [2.45, 2.75) is 19.3 Å². The van der Waals surface area contributed by atoms with Gasteiger partial charge in [-0.25, -0.2) is 0 Å². The third kappa shape index (κ3) is 2.77. The van der Waals surface area contributed by atoms with Gasteiger partial charge in [0.15, 0.2) is 5.82 Å². The van der Waals surface area contributed by atoms with E-state index in [0.717, 1.165) is 13.0 Å². The van der Waals surface area contributed by atoms with E-state index in [2.05, 4.69) is 21.2 Å². The zero-order valence-corrected chi connectivity index (χ0v) is 14.5. The van der Waals surface area contributed by atoms with E-state index in [1.807, 2.05) is 29.2 Å². The average molecular weight is 351 g/mol. The molecule has 0 N–H and O–H groups in total. The van der Waals surface area contributed by atoms with Crippen LogP contribution in [0.25, 0.3) is 11.5 Å². The number of ether oxygens (including phenoxy) is 1. The van der Waals surface area contributed by atoms with E-state index in [1.165, 1.54) is 0 Å². The maximum absolute atomic E-state index is 9.48. The second-order valence-corrected chi connectivity index (χ2v) is 6.10. The molecule has 4 rings (SSSR count). The predicted octanol–water partition coefficient (Wildman–Crippen LogP) is 2.91. The van der Waals surface area contributed by atoms with Gasteiger partial charge in [-0.2, -0.15) is 15.2 Å². The van der Waals surface area contributed by atoms with Crippen molar-refractivity contribution in [2.24, 2.45) is 0 Å². The van der Waals surface area contributed by atoms with Crippen LogP contribution in [0.5, 0.6) is 5.75 Å². The minimum Gasteiger partial charge on any atom is -0.496 e. The summed E-state index contributed by atoms with van der Waals surface area (Å²) >= 11 is 0. The zero-order valence-electron chi connectivity index (χ0n) is 14.5. The number of nitriles is 1. The molecular formula is C18H17N5O3. The standard InChI is InChI=1S/C18H17N5O3/c1-11-20-16(26-22-11)12-7-8-23(10-12)18-14(9-19)21-17(25-18)13-5-3-4-6-15(13)24-2/h3-6,12H,7-8,10H2,1-2H3. The Labute approximate surface area is 150 Å². The Hall–Kier alpha value is -3.34. The molecule has 0 radical (unpaired) electrons. The number of nitrogens with zero attached hydrogens (tertiary/aromatic N) is 5. The molecule has 0 aliphatic carbocycles. The van der Waals surface area contributed by atoms with Crippen molar-refractivity contribution in [3.8, 4) is 23.3 Å². The highest BCUT2D eigenvalue weighted by atomic mass is 16.5. The van der Waals surface area contributed by atoms with Crippen LogP contribution in [0.3, 0.4) is 0 Å². The van der Waals surface area contributed by atoms with Crippen molar-refractivity contribution >= 4 is 5.88 Å². The second kappa shape index (κ2) is 6.52. The van der Waals surface area contributed by atoms with E-state index in [9.17, 15) is 5.26 Å². The molecule has 1 unspecified atom stereocenters. The number of methoxy groups -OCH3 is 1. The lowest BCUT2D eigenvalue weighted by Gasteiger charge is -2.14. The van der Waals surface area contributed by atoms with Gasteiger partial charge in [0.05, 0.1) is 18.6 Å². The van der Waals surface area contributed by atoms with Gasteiger partial charge in [-0.15, -0.1) is 0 Å². The normalized spacial score (nSPS) is 16.7. The van der Waals surface area contributed by atoms with Gasteiger partial charge in [0.25, 0.3) is 0 Å². The monoisotopic (exact) mass is 351 g/mol. The number of aryl methyl sites for hydroxylation is 1. The second-order valence-electron chi connectivity index (χ2n) is 6.10. The summed E-state index contributed by atoms with van der Waals surface area (Å²) in [5.74, 6) is 2.83. The van der Waals surface area contributed by atoms with E-state index >= 15 is 0 Å². The number of aromatic nitrogens is 3. The van der Waals surface area contributed by atoms with E-state index in [1.54, 1.807) is 14.0 Å². The smallest absolute Gasteiger partial charge is 0.235 e. The summed E-state index contributed by atoms with van der Waals surface area (Å²) < 4.78 is 16.6. The van der Waals surface area contributed by atoms with Crippen molar-refractivity contribution in [3.63, 3.8) is 0 Å². The zero-order chi connectivity index (χ0) is 18.1. The van der Waals surface area contributed by atoms with Crippen molar-refractivity contribution in [1.82, 2.24) is 15.1 Å². The molecule has 0 amide bonds. The molecule has 8 nitrogen and oxygen atoms in total. The molecule has 0 bridgehead atoms. The lowest BCUT2D eigenvalue weighted by atomic mass is 10.1. The fourth-order valence-corrected chi connectivity index (χ4v) is 3.16. The minimum atomic E-state index is 0.113. The van der Waals surface area contributed by atoms with Crippen LogP contribution in [0.2, 0.25) is 0 Å². The van der Waals surface area contributed by atoms with E-state index in [-0.39, 0.29) is 11.6 Å². The first kappa shape index (κ1) is 16.1. The summed E-state index contributed by atoms with van der Waals surface area (Å²) in [5, 5.41) is 13.3. The molecule has 26 heavy (non-hydrogen) atoms. The number of benzene rings is 1. The van der Waals surface area contributed by atoms with E-state index in [4.69, 9.17) is 13.7 Å². The topological polar surface area (TPSA) is 101 Å². The first-order chi connectivity index (χ1) is 12.7. The molecule has 132 valence electrons. The molecular weight excluding hydrogens is 334 g/mol. The molecule has 3 aromatic rings. The van der Waals surface area contributed by atoms with Crippen molar-refractivity contribution in [3.05, 3.63) is 41.7 Å². The van der Waals surface area contributed by atoms with Gasteiger partial charge in [0.2, 0.25) is 23.4 Å². The third-order valence-corrected chi connectivity index (χ3v) is 4.42. The number of hydrogen-bond acceptors (Lipinski definition) is 8. The molecule has 1 aromatic carbocycles. The third-order valence-electron chi connectivity index (χ3n) is 4.42. The fourth-order valence-electron chi connectivity index (χ4n) is 3.16. The van der Waals surface area contributed by atoms with Gasteiger partial charge in [-0.3, -0.25) is 0 Å². The quantitative estimate of drug-likeness (QED) is 0.707. The van der Waals surface area contributed by atoms with Crippen LogP contribution < -0.4 is 9.64 Å². The van der Waals surface area contributed by atoms with Gasteiger partial charge in [0.1, 0.15) is 11.8 Å². The first-order valence-electron chi connectivity index (χ1n) is 8.29. The first-order valence-corrected chi connectivity index (χ1v) is 8.29. The van der Waals surface area contributed by atoms with Gasteiger partial charge in [0, 0.05) is 13.1 Å². The largest absolute Gasteiger partial charge is 0.496 e. The van der Waals surface area contributed by atoms with Gasteiger partial charge >= 0.3 is 0 Å². The highest BCUT2D eigenvalue weighted by molar-refractivity contribution is 5.66. The Balaban J connectivity index is 1.63. The Morgan fingerprint density at radius 2 is 2.15 bits per heavy atom. The van der Waals surface area contributed by atoms with E-state index < -0.39 is 0 Å². The Kier molecular flexibility index (Phi) is 4.05. The SMILES string of the molecule is COc1ccccc1-c1nc(C#N)c(N2CCC(c3nc(C)no3)C2)o1. The summed E-state index contributed by atoms with van der Waals surface area (Å²) in [6.45, 7) is 3.15. The van der Waals surface area contributed by atoms with Crippen LogP contribution in [-0.2, 0) is 0 Å². The summed E-state index contributed by atoms with van der Waals surface area (Å²) in [5.41, 5.74) is 0.967. The molecule has 1 aliphatic heterocycles. The maximum Gasteiger partial charge on any atom is 0.235 e. The highest BCUT2D eigenvalue weighted by Gasteiger charge is 2.32. The highest BCUT2D eigenvalue weighted by Crippen LogP contribution is 2.36. The molecule has 1 aliphatic rings. The summed E-state index contributed by atoms with van der Waals surface area (Å²) in [6.07, 6.45) is 0.844. The predicted molar refractivity (Wildman–Crippen MR) is 91.8 cm³/mol. The van der Waals surface area contributed by atoms with Crippen LogP contribution in [0.1, 0.15) is 29.7 Å². The van der Waals surface area contributed by atoms with Crippen molar-refractivity contribution in [1.29, 1.82) is 5.26 Å². The molecule has 0 saturated carbocycles. The van der Waals surface area contributed by atoms with Gasteiger partial charge < -0.3 is 18.6 Å². The minimum absolute atomic E-state index is 0.113. The molecule has 1 saturated heterocycles. The van der Waals surface area contributed by atoms with Crippen molar-refractivity contribution < 1.29 is 13.7 Å². The van der Waals surface area contributed by atoms with Crippen LogP contribution in [-0.4, -0.2) is 35.3 Å². The summed E-state index contributed by atoms with van der Waals surface area (Å²) in [6, 6.07) is 9.54.